The maximum atomic E-state index is 14.5. The van der Waals surface area contributed by atoms with Gasteiger partial charge in [-0.2, -0.15) is 0 Å². The number of nitrogens with one attached hydrogen (secondary N) is 1. The molecule has 2 aromatic heterocycles. The number of ether oxygens (including phenoxy) is 1. The van der Waals surface area contributed by atoms with E-state index in [1.807, 2.05) is 0 Å². The summed E-state index contributed by atoms with van der Waals surface area (Å²) in [6.45, 7) is 4.75. The Morgan fingerprint density at radius 3 is 2.88 bits per heavy atom. The van der Waals surface area contributed by atoms with E-state index in [4.69, 9.17) is 4.74 Å². The van der Waals surface area contributed by atoms with Gasteiger partial charge in [-0.05, 0) is 27.2 Å². The van der Waals surface area contributed by atoms with E-state index in [9.17, 15) is 13.6 Å². The van der Waals surface area contributed by atoms with Crippen molar-refractivity contribution in [3.63, 3.8) is 0 Å². The number of piperidine rings is 1. The van der Waals surface area contributed by atoms with Crippen LogP contribution in [0.15, 0.2) is 18.7 Å². The molecule has 142 valence electrons. The number of aromatic nitrogens is 4. The summed E-state index contributed by atoms with van der Waals surface area (Å²) in [5, 5.41) is 10.6. The van der Waals surface area contributed by atoms with Crippen molar-refractivity contribution in [1.82, 2.24) is 24.5 Å². The van der Waals surface area contributed by atoms with Crippen molar-refractivity contribution >= 4 is 17.6 Å². The number of hydrogen-bond donors (Lipinski definition) is 1. The monoisotopic (exact) mass is 368 g/mol. The van der Waals surface area contributed by atoms with E-state index in [2.05, 4.69) is 20.5 Å². The molecule has 3 rings (SSSR count). The topological polar surface area (TPSA) is 84.6 Å². The van der Waals surface area contributed by atoms with Gasteiger partial charge in [-0.25, -0.2) is 13.6 Å². The van der Waals surface area contributed by atoms with Crippen LogP contribution in [0.2, 0.25) is 0 Å². The molecule has 0 unspecified atom stereocenters. The summed E-state index contributed by atoms with van der Waals surface area (Å²) in [6, 6.07) is 0. The molecule has 1 fully saturated rings. The van der Waals surface area contributed by atoms with Gasteiger partial charge in [-0.3, -0.25) is 9.38 Å². The molecule has 1 atom stereocenters. The minimum atomic E-state index is -3.02. The Bertz CT molecular complexity index is 788. The van der Waals surface area contributed by atoms with Crippen LogP contribution in [0.5, 0.6) is 0 Å². The number of halogens is 2. The fraction of sp³-hybridized carbons (Fsp3) is 0.625. The van der Waals surface area contributed by atoms with Gasteiger partial charge in [-0.1, -0.05) is 0 Å². The third-order valence-corrected chi connectivity index (χ3v) is 4.15. The average molecular weight is 368 g/mol. The van der Waals surface area contributed by atoms with Crippen molar-refractivity contribution in [2.24, 2.45) is 5.92 Å². The highest BCUT2D eigenvalue weighted by molar-refractivity contribution is 5.68. The van der Waals surface area contributed by atoms with E-state index < -0.39 is 30.1 Å². The fourth-order valence-corrected chi connectivity index (χ4v) is 2.83. The molecule has 0 spiro atoms. The fourth-order valence-electron chi connectivity index (χ4n) is 2.83. The Balaban J connectivity index is 1.62. The van der Waals surface area contributed by atoms with E-state index in [0.29, 0.717) is 11.5 Å². The summed E-state index contributed by atoms with van der Waals surface area (Å²) in [6.07, 6.45) is 4.02. The molecule has 0 bridgehead atoms. The van der Waals surface area contributed by atoms with Crippen molar-refractivity contribution in [3.8, 4) is 0 Å². The van der Waals surface area contributed by atoms with E-state index in [-0.39, 0.29) is 19.5 Å². The highest BCUT2D eigenvalue weighted by atomic mass is 19.3. The van der Waals surface area contributed by atoms with Crippen molar-refractivity contribution in [1.29, 1.82) is 0 Å². The number of nitrogens with zero attached hydrogens (tertiary/aromatic N) is 5. The zero-order valence-electron chi connectivity index (χ0n) is 14.9. The molecule has 0 radical (unpaired) electrons. The average Bonchev–Trinajstić information content (AvgIpc) is 3.00. The SMILES string of the molecule is CC(C)(C)OC(=O)N1CC[C@H](CNc2cncc3nncn23)C(F)(F)C1. The van der Waals surface area contributed by atoms with Gasteiger partial charge in [0.05, 0.1) is 18.9 Å². The summed E-state index contributed by atoms with van der Waals surface area (Å²) >= 11 is 0. The lowest BCUT2D eigenvalue weighted by Gasteiger charge is -2.38. The molecule has 1 aliphatic rings. The Kier molecular flexibility index (Phi) is 4.68. The second kappa shape index (κ2) is 6.65. The zero-order chi connectivity index (χ0) is 18.9. The number of alkyl halides is 2. The van der Waals surface area contributed by atoms with Gasteiger partial charge in [0.2, 0.25) is 0 Å². The van der Waals surface area contributed by atoms with Gasteiger partial charge >= 0.3 is 6.09 Å². The van der Waals surface area contributed by atoms with Gasteiger partial charge in [0.1, 0.15) is 17.7 Å². The molecule has 0 aliphatic carbocycles. The summed E-state index contributed by atoms with van der Waals surface area (Å²) in [5.41, 5.74) is -0.184. The number of hydrogen-bond acceptors (Lipinski definition) is 6. The molecule has 1 N–H and O–H groups in total. The Hall–Kier alpha value is -2.52. The molecule has 10 heteroatoms. The predicted molar refractivity (Wildman–Crippen MR) is 90.1 cm³/mol. The number of carbonyl (C=O) groups is 1. The molecule has 1 saturated heterocycles. The molecule has 0 saturated carbocycles. The van der Waals surface area contributed by atoms with Gasteiger partial charge in [0, 0.05) is 19.0 Å². The third kappa shape index (κ3) is 4.00. The van der Waals surface area contributed by atoms with Gasteiger partial charge in [0.25, 0.3) is 5.92 Å². The lowest BCUT2D eigenvalue weighted by molar-refractivity contribution is -0.106. The number of fused-ring (bicyclic) bond motifs is 1. The van der Waals surface area contributed by atoms with Crippen LogP contribution in [0.4, 0.5) is 19.4 Å². The van der Waals surface area contributed by atoms with Crippen molar-refractivity contribution < 1.29 is 18.3 Å². The molecule has 26 heavy (non-hydrogen) atoms. The number of rotatable bonds is 3. The number of carbonyl (C=O) groups excluding carboxylic acids is 1. The molecule has 1 amide bonds. The predicted octanol–water partition coefficient (Wildman–Crippen LogP) is 2.43. The van der Waals surface area contributed by atoms with Gasteiger partial charge < -0.3 is 15.0 Å². The lowest BCUT2D eigenvalue weighted by atomic mass is 9.93. The Labute approximate surface area is 149 Å². The van der Waals surface area contributed by atoms with Crippen molar-refractivity contribution in [3.05, 3.63) is 18.7 Å². The first-order valence-electron chi connectivity index (χ1n) is 8.39. The van der Waals surface area contributed by atoms with Crippen LogP contribution in [0.25, 0.3) is 5.65 Å². The first-order valence-corrected chi connectivity index (χ1v) is 8.39. The summed E-state index contributed by atoms with van der Waals surface area (Å²) in [4.78, 5) is 17.1. The maximum absolute atomic E-state index is 14.5. The highest BCUT2D eigenvalue weighted by Crippen LogP contribution is 2.33. The Morgan fingerprint density at radius 2 is 2.19 bits per heavy atom. The number of amides is 1. The molecular formula is C16H22F2N6O2. The van der Waals surface area contributed by atoms with Crippen LogP contribution in [0.3, 0.4) is 0 Å². The van der Waals surface area contributed by atoms with E-state index in [1.54, 1.807) is 25.2 Å². The molecule has 2 aromatic rings. The second-order valence-corrected chi connectivity index (χ2v) is 7.38. The standard InChI is InChI=1S/C16H22F2N6O2/c1-15(2,3)26-14(25)23-5-4-11(16(17,18)9-23)6-20-12-7-19-8-13-22-21-10-24(12)13/h7-8,10-11,20H,4-6,9H2,1-3H3/t11-/m1/s1. The van der Waals surface area contributed by atoms with Crippen LogP contribution >= 0.6 is 0 Å². The largest absolute Gasteiger partial charge is 0.444 e. The van der Waals surface area contributed by atoms with E-state index in [1.165, 1.54) is 18.7 Å². The highest BCUT2D eigenvalue weighted by Gasteiger charge is 2.46. The normalized spacial score (nSPS) is 20.2. The van der Waals surface area contributed by atoms with Crippen LogP contribution in [-0.4, -0.2) is 61.7 Å². The number of anilines is 1. The first-order chi connectivity index (χ1) is 12.2. The van der Waals surface area contributed by atoms with E-state index in [0.717, 1.165) is 4.90 Å². The Morgan fingerprint density at radius 1 is 1.42 bits per heavy atom. The molecular weight excluding hydrogens is 346 g/mol. The lowest BCUT2D eigenvalue weighted by Crippen LogP contribution is -2.53. The first kappa shape index (κ1) is 18.3. The third-order valence-electron chi connectivity index (χ3n) is 4.15. The van der Waals surface area contributed by atoms with Crippen LogP contribution in [0.1, 0.15) is 27.2 Å². The van der Waals surface area contributed by atoms with Crippen LogP contribution < -0.4 is 5.32 Å². The summed E-state index contributed by atoms with van der Waals surface area (Å²) in [7, 11) is 0. The van der Waals surface area contributed by atoms with Crippen molar-refractivity contribution in [2.75, 3.05) is 25.0 Å². The second-order valence-electron chi connectivity index (χ2n) is 7.38. The molecule has 3 heterocycles. The van der Waals surface area contributed by atoms with Gasteiger partial charge in [-0.15, -0.1) is 10.2 Å². The summed E-state index contributed by atoms with van der Waals surface area (Å²) < 4.78 is 35.9. The molecule has 8 nitrogen and oxygen atoms in total. The van der Waals surface area contributed by atoms with Crippen LogP contribution in [0, 0.1) is 5.92 Å². The van der Waals surface area contributed by atoms with Crippen molar-refractivity contribution in [2.45, 2.75) is 38.7 Å². The zero-order valence-corrected chi connectivity index (χ0v) is 14.9. The minimum Gasteiger partial charge on any atom is -0.444 e. The minimum absolute atomic E-state index is 0.0497. The van der Waals surface area contributed by atoms with Gasteiger partial charge in [0.15, 0.2) is 5.65 Å². The molecule has 0 aromatic carbocycles. The maximum Gasteiger partial charge on any atom is 0.410 e. The van der Waals surface area contributed by atoms with Crippen LogP contribution in [-0.2, 0) is 4.74 Å². The molecule has 1 aliphatic heterocycles. The number of likely N-dealkylation sites (tertiary alicyclic amines) is 1. The van der Waals surface area contributed by atoms with E-state index >= 15 is 0 Å². The quantitative estimate of drug-likeness (QED) is 0.896. The summed E-state index contributed by atoms with van der Waals surface area (Å²) in [5.74, 6) is -3.39. The smallest absolute Gasteiger partial charge is 0.410 e.